The average molecular weight is 489 g/mol. The van der Waals surface area contributed by atoms with Crippen LogP contribution >= 0.6 is 0 Å². The molecule has 2 aliphatic rings. The summed E-state index contributed by atoms with van der Waals surface area (Å²) in [7, 11) is 0. The fourth-order valence-electron chi connectivity index (χ4n) is 4.42. The maximum absolute atomic E-state index is 12.3. The van der Waals surface area contributed by atoms with Crippen LogP contribution < -0.4 is 0 Å². The Morgan fingerprint density at radius 3 is 1.68 bits per heavy atom. The molecule has 0 saturated heterocycles. The van der Waals surface area contributed by atoms with E-state index < -0.39 is 41.4 Å². The summed E-state index contributed by atoms with van der Waals surface area (Å²) in [5.41, 5.74) is -0.681. The summed E-state index contributed by atoms with van der Waals surface area (Å²) in [5, 5.41) is 18.8. The number of carbonyl (C=O) groups is 3. The third kappa shape index (κ3) is 8.79. The van der Waals surface area contributed by atoms with E-state index in [9.17, 15) is 24.6 Å². The van der Waals surface area contributed by atoms with Gasteiger partial charge in [-0.2, -0.15) is 9.78 Å². The molecule has 0 amide bonds. The van der Waals surface area contributed by atoms with Crippen molar-refractivity contribution >= 4 is 17.9 Å². The van der Waals surface area contributed by atoms with Crippen molar-refractivity contribution in [3.05, 3.63) is 0 Å². The third-order valence-electron chi connectivity index (χ3n) is 7.15. The number of esters is 1. The smallest absolute Gasteiger partial charge is 0.311 e. The average Bonchev–Trinajstić information content (AvgIpc) is 2.82. The first-order chi connectivity index (χ1) is 16.2. The zero-order valence-corrected chi connectivity index (χ0v) is 20.5. The Bertz CT molecular complexity index is 624. The Morgan fingerprint density at radius 2 is 1.26 bits per heavy atom. The second-order valence-electron chi connectivity index (χ2n) is 10.0. The number of carboxylic acids is 2. The van der Waals surface area contributed by atoms with Gasteiger partial charge in [0.2, 0.25) is 0 Å². The molecule has 0 radical (unpaired) electrons. The van der Waals surface area contributed by atoms with Crippen LogP contribution in [0.5, 0.6) is 0 Å². The number of carbonyl (C=O) groups excluding carboxylic acids is 1. The fraction of sp³-hybridized carbons (Fsp3) is 0.875. The number of hydrogen-bond acceptors (Lipinski definition) is 8. The number of hydrogen-bond donors (Lipinski definition) is 2. The largest absolute Gasteiger partial charge is 0.481 e. The Kier molecular flexibility index (Phi) is 11.7. The van der Waals surface area contributed by atoms with Gasteiger partial charge in [-0.05, 0) is 57.8 Å². The van der Waals surface area contributed by atoms with E-state index in [0.29, 0.717) is 19.3 Å². The van der Waals surface area contributed by atoms with E-state index in [2.05, 4.69) is 0 Å². The molecule has 0 aromatic rings. The zero-order valence-electron chi connectivity index (χ0n) is 20.5. The molecule has 196 valence electrons. The minimum Gasteiger partial charge on any atom is -0.481 e. The molecule has 0 spiro atoms. The molecule has 2 aliphatic carbocycles. The highest BCUT2D eigenvalue weighted by molar-refractivity contribution is 5.75. The summed E-state index contributed by atoms with van der Waals surface area (Å²) in [5.74, 6) is -3.48. The highest BCUT2D eigenvalue weighted by Crippen LogP contribution is 2.32. The first-order valence-electron chi connectivity index (χ1n) is 12.3. The Labute approximate surface area is 201 Å². The van der Waals surface area contributed by atoms with Crippen LogP contribution in [0.15, 0.2) is 0 Å². The van der Waals surface area contributed by atoms with Gasteiger partial charge >= 0.3 is 17.9 Å². The van der Waals surface area contributed by atoms with Crippen molar-refractivity contribution < 1.29 is 48.9 Å². The lowest BCUT2D eigenvalue weighted by atomic mass is 9.80. The Hall–Kier alpha value is -1.75. The highest BCUT2D eigenvalue weighted by atomic mass is 17.3. The van der Waals surface area contributed by atoms with Crippen molar-refractivity contribution in [1.29, 1.82) is 0 Å². The van der Waals surface area contributed by atoms with E-state index in [0.717, 1.165) is 38.5 Å². The standard InChI is InChI=1S/C24H40O10/c1-4-24(2,3)23(29)30-15-20(33-31-13-16-9-5-7-11-18(16)21(25)26)34-32-14-17-10-6-8-12-19(17)22(27)28/h16-20H,4-15H2,1-3H3,(H,25,26)(H,27,28). The number of aliphatic carboxylic acids is 2. The topological polar surface area (TPSA) is 138 Å². The number of ether oxygens (including phenoxy) is 1. The minimum atomic E-state index is -1.20. The molecule has 2 saturated carbocycles. The molecule has 0 aromatic heterocycles. The van der Waals surface area contributed by atoms with Crippen LogP contribution in [0.3, 0.4) is 0 Å². The predicted molar refractivity (Wildman–Crippen MR) is 119 cm³/mol. The molecule has 0 aliphatic heterocycles. The summed E-state index contributed by atoms with van der Waals surface area (Å²) >= 11 is 0. The van der Waals surface area contributed by atoms with Crippen LogP contribution in [0, 0.1) is 29.1 Å². The van der Waals surface area contributed by atoms with E-state index >= 15 is 0 Å². The van der Waals surface area contributed by atoms with E-state index in [4.69, 9.17) is 24.3 Å². The number of rotatable bonds is 14. The summed E-state index contributed by atoms with van der Waals surface area (Å²) < 4.78 is 5.33. The molecule has 10 heteroatoms. The number of carboxylic acid groups (broad SMARTS) is 2. The maximum atomic E-state index is 12.3. The molecule has 2 fully saturated rings. The van der Waals surface area contributed by atoms with Gasteiger partial charge in [-0.1, -0.05) is 32.6 Å². The summed E-state index contributed by atoms with van der Waals surface area (Å²) in [4.78, 5) is 56.5. The van der Waals surface area contributed by atoms with Gasteiger partial charge in [0.05, 0.1) is 30.5 Å². The molecule has 10 nitrogen and oxygen atoms in total. The van der Waals surface area contributed by atoms with Gasteiger partial charge in [-0.3, -0.25) is 14.4 Å². The zero-order chi connectivity index (χ0) is 25.1. The first kappa shape index (κ1) is 28.5. The van der Waals surface area contributed by atoms with Gasteiger partial charge in [-0.25, -0.2) is 9.78 Å². The molecule has 0 aromatic carbocycles. The van der Waals surface area contributed by atoms with Crippen molar-refractivity contribution in [3.8, 4) is 0 Å². The maximum Gasteiger partial charge on any atom is 0.311 e. The van der Waals surface area contributed by atoms with Gasteiger partial charge in [0, 0.05) is 0 Å². The summed E-state index contributed by atoms with van der Waals surface area (Å²) in [6.45, 7) is 5.25. The lowest BCUT2D eigenvalue weighted by molar-refractivity contribution is -0.470. The Balaban J connectivity index is 1.89. The molecule has 2 N–H and O–H groups in total. The van der Waals surface area contributed by atoms with Crippen molar-refractivity contribution in [2.24, 2.45) is 29.1 Å². The summed E-state index contributed by atoms with van der Waals surface area (Å²) in [6, 6.07) is 0. The molecule has 2 rings (SSSR count). The van der Waals surface area contributed by atoms with Crippen molar-refractivity contribution in [1.82, 2.24) is 0 Å². The lowest BCUT2D eigenvalue weighted by Crippen LogP contribution is -2.34. The fourth-order valence-corrected chi connectivity index (χ4v) is 4.42. The quantitative estimate of drug-likeness (QED) is 0.160. The minimum absolute atomic E-state index is 0.0644. The molecular weight excluding hydrogens is 448 g/mol. The molecule has 0 bridgehead atoms. The molecule has 4 unspecified atom stereocenters. The van der Waals surface area contributed by atoms with Gasteiger partial charge in [0.15, 0.2) is 0 Å². The molecular formula is C24H40O10. The van der Waals surface area contributed by atoms with E-state index in [1.165, 1.54) is 0 Å². The van der Waals surface area contributed by atoms with Gasteiger partial charge in [0.1, 0.15) is 6.61 Å². The van der Waals surface area contributed by atoms with Crippen LogP contribution in [0.2, 0.25) is 0 Å². The van der Waals surface area contributed by atoms with Crippen LogP contribution in [0.25, 0.3) is 0 Å². The highest BCUT2D eigenvalue weighted by Gasteiger charge is 2.34. The third-order valence-corrected chi connectivity index (χ3v) is 7.15. The van der Waals surface area contributed by atoms with E-state index in [-0.39, 0.29) is 31.7 Å². The second-order valence-corrected chi connectivity index (χ2v) is 10.0. The van der Waals surface area contributed by atoms with Crippen molar-refractivity contribution in [2.45, 2.75) is 84.8 Å². The SMILES string of the molecule is CCC(C)(C)C(=O)OCC(OOCC1CCCCC1C(=O)O)OOCC1CCCCC1C(=O)O. The van der Waals surface area contributed by atoms with Crippen molar-refractivity contribution in [3.63, 3.8) is 0 Å². The van der Waals surface area contributed by atoms with E-state index in [1.807, 2.05) is 6.92 Å². The van der Waals surface area contributed by atoms with Crippen LogP contribution in [-0.4, -0.2) is 54.2 Å². The van der Waals surface area contributed by atoms with Gasteiger partial charge in [-0.15, -0.1) is 0 Å². The summed E-state index contributed by atoms with van der Waals surface area (Å²) in [6.07, 6.45) is 5.63. The van der Waals surface area contributed by atoms with E-state index in [1.54, 1.807) is 13.8 Å². The monoisotopic (exact) mass is 488 g/mol. The van der Waals surface area contributed by atoms with Crippen molar-refractivity contribution in [2.75, 3.05) is 19.8 Å². The van der Waals surface area contributed by atoms with Gasteiger partial charge in [0.25, 0.3) is 6.29 Å². The molecule has 4 atom stereocenters. The van der Waals surface area contributed by atoms with Gasteiger partial charge < -0.3 is 14.9 Å². The second kappa shape index (κ2) is 14.0. The lowest BCUT2D eigenvalue weighted by Gasteiger charge is -2.29. The molecule has 34 heavy (non-hydrogen) atoms. The van der Waals surface area contributed by atoms with Crippen LogP contribution in [0.1, 0.15) is 78.6 Å². The predicted octanol–water partition coefficient (Wildman–Crippen LogP) is 3.97. The first-order valence-corrected chi connectivity index (χ1v) is 12.3. The normalized spacial score (nSPS) is 26.6. The molecule has 0 heterocycles. The van der Waals surface area contributed by atoms with Crippen LogP contribution in [0.4, 0.5) is 0 Å². The Morgan fingerprint density at radius 1 is 0.824 bits per heavy atom. The van der Waals surface area contributed by atoms with Crippen LogP contribution in [-0.2, 0) is 38.7 Å².